The average molecular weight is 406 g/mol. The fourth-order valence-corrected chi connectivity index (χ4v) is 3.83. The van der Waals surface area contributed by atoms with E-state index in [2.05, 4.69) is 38.0 Å². The highest BCUT2D eigenvalue weighted by Crippen LogP contribution is 2.33. The van der Waals surface area contributed by atoms with E-state index < -0.39 is 5.60 Å². The molecule has 0 aliphatic carbocycles. The molecule has 1 atom stereocenters. The normalized spacial score (nSPS) is 18.4. The fraction of sp³-hybridized carbons (Fsp3) is 0.526. The average Bonchev–Trinajstić information content (AvgIpc) is 2.54. The molecule has 1 aliphatic rings. The number of amides is 1. The van der Waals surface area contributed by atoms with Crippen molar-refractivity contribution in [2.24, 2.45) is 0 Å². The number of aromatic nitrogens is 2. The van der Waals surface area contributed by atoms with Crippen LogP contribution in [0.15, 0.2) is 22.9 Å². The van der Waals surface area contributed by atoms with E-state index in [4.69, 9.17) is 4.74 Å². The highest BCUT2D eigenvalue weighted by Gasteiger charge is 2.28. The summed E-state index contributed by atoms with van der Waals surface area (Å²) < 4.78 is 6.50. The number of hydrogen-bond acceptors (Lipinski definition) is 4. The predicted octanol–water partition coefficient (Wildman–Crippen LogP) is 4.82. The number of aryl methyl sites for hydroxylation is 1. The van der Waals surface area contributed by atoms with E-state index in [1.807, 2.05) is 32.6 Å². The zero-order valence-corrected chi connectivity index (χ0v) is 16.8. The summed E-state index contributed by atoms with van der Waals surface area (Å²) in [4.78, 5) is 22.9. The van der Waals surface area contributed by atoms with E-state index in [0.717, 1.165) is 40.5 Å². The van der Waals surface area contributed by atoms with Crippen molar-refractivity contribution in [2.75, 3.05) is 13.1 Å². The Morgan fingerprint density at radius 3 is 2.80 bits per heavy atom. The monoisotopic (exact) mass is 405 g/mol. The Labute approximate surface area is 156 Å². The molecule has 2 heterocycles. The number of benzene rings is 1. The topological polar surface area (TPSA) is 55.3 Å². The molecule has 1 unspecified atom stereocenters. The van der Waals surface area contributed by atoms with Crippen LogP contribution in [0.1, 0.15) is 50.8 Å². The van der Waals surface area contributed by atoms with Gasteiger partial charge >= 0.3 is 6.09 Å². The van der Waals surface area contributed by atoms with E-state index in [1.165, 1.54) is 5.56 Å². The molecule has 1 amide bonds. The molecule has 0 saturated carbocycles. The second-order valence-electron chi connectivity index (χ2n) is 7.62. The predicted molar refractivity (Wildman–Crippen MR) is 102 cm³/mol. The van der Waals surface area contributed by atoms with Crippen LogP contribution in [0.5, 0.6) is 0 Å². The number of likely N-dealkylation sites (tertiary alicyclic amines) is 1. The van der Waals surface area contributed by atoms with Crippen molar-refractivity contribution < 1.29 is 9.53 Å². The maximum absolute atomic E-state index is 12.4. The van der Waals surface area contributed by atoms with Crippen molar-refractivity contribution in [1.29, 1.82) is 0 Å². The summed E-state index contributed by atoms with van der Waals surface area (Å²) in [5.41, 5.74) is 2.64. The first-order chi connectivity index (χ1) is 11.7. The van der Waals surface area contributed by atoms with Crippen molar-refractivity contribution in [1.82, 2.24) is 14.9 Å². The second-order valence-corrected chi connectivity index (χ2v) is 8.48. The zero-order chi connectivity index (χ0) is 18.2. The van der Waals surface area contributed by atoms with Gasteiger partial charge in [-0.2, -0.15) is 0 Å². The Bertz CT molecular complexity index is 801. The van der Waals surface area contributed by atoms with Gasteiger partial charge in [-0.3, -0.25) is 0 Å². The lowest BCUT2D eigenvalue weighted by Gasteiger charge is -2.34. The third-order valence-corrected chi connectivity index (χ3v) is 5.06. The number of nitrogens with zero attached hydrogens (tertiary/aromatic N) is 3. The fourth-order valence-electron chi connectivity index (χ4n) is 3.25. The molecule has 134 valence electrons. The van der Waals surface area contributed by atoms with Gasteiger partial charge < -0.3 is 9.64 Å². The van der Waals surface area contributed by atoms with Crippen LogP contribution in [-0.2, 0) is 4.74 Å². The Morgan fingerprint density at radius 2 is 2.08 bits per heavy atom. The van der Waals surface area contributed by atoms with Crippen LogP contribution < -0.4 is 0 Å². The molecular weight excluding hydrogens is 382 g/mol. The zero-order valence-electron chi connectivity index (χ0n) is 15.2. The summed E-state index contributed by atoms with van der Waals surface area (Å²) >= 11 is 3.64. The van der Waals surface area contributed by atoms with Gasteiger partial charge in [-0.25, -0.2) is 14.8 Å². The molecule has 0 spiro atoms. The van der Waals surface area contributed by atoms with Gasteiger partial charge in [0.15, 0.2) is 0 Å². The Kier molecular flexibility index (Phi) is 5.00. The molecule has 5 nitrogen and oxygen atoms in total. The lowest BCUT2D eigenvalue weighted by Crippen LogP contribution is -2.42. The van der Waals surface area contributed by atoms with Gasteiger partial charge in [-0.05, 0) is 74.2 Å². The number of ether oxygens (including phenoxy) is 1. The molecular formula is C19H24BrN3O2. The first-order valence-electron chi connectivity index (χ1n) is 8.63. The Balaban J connectivity index is 1.85. The van der Waals surface area contributed by atoms with Crippen molar-refractivity contribution in [2.45, 2.75) is 52.1 Å². The number of hydrogen-bond donors (Lipinski definition) is 0. The summed E-state index contributed by atoms with van der Waals surface area (Å²) in [6.45, 7) is 9.12. The maximum Gasteiger partial charge on any atom is 0.410 e. The second kappa shape index (κ2) is 6.90. The van der Waals surface area contributed by atoms with Crippen LogP contribution in [-0.4, -0.2) is 39.7 Å². The smallest absolute Gasteiger partial charge is 0.410 e. The highest BCUT2D eigenvalue weighted by molar-refractivity contribution is 9.10. The van der Waals surface area contributed by atoms with E-state index >= 15 is 0 Å². The first kappa shape index (κ1) is 18.1. The van der Waals surface area contributed by atoms with Gasteiger partial charge in [-0.15, -0.1) is 0 Å². The molecule has 2 aromatic rings. The third kappa shape index (κ3) is 4.11. The summed E-state index contributed by atoms with van der Waals surface area (Å²) in [5.74, 6) is 0.293. The number of fused-ring (bicyclic) bond motifs is 1. The summed E-state index contributed by atoms with van der Waals surface area (Å²) in [7, 11) is 0. The maximum atomic E-state index is 12.4. The molecule has 1 aromatic carbocycles. The van der Waals surface area contributed by atoms with E-state index in [0.29, 0.717) is 12.5 Å². The number of piperidine rings is 1. The molecule has 25 heavy (non-hydrogen) atoms. The molecule has 3 rings (SSSR count). The van der Waals surface area contributed by atoms with E-state index in [-0.39, 0.29) is 6.09 Å². The van der Waals surface area contributed by atoms with Gasteiger partial charge in [0.25, 0.3) is 0 Å². The van der Waals surface area contributed by atoms with Crippen LogP contribution in [0.3, 0.4) is 0 Å². The quantitative estimate of drug-likeness (QED) is 0.682. The van der Waals surface area contributed by atoms with Gasteiger partial charge in [0, 0.05) is 34.6 Å². The Hall–Kier alpha value is -1.69. The van der Waals surface area contributed by atoms with Crippen LogP contribution in [0, 0.1) is 6.92 Å². The lowest BCUT2D eigenvalue weighted by atomic mass is 9.90. The number of carbonyl (C=O) groups is 1. The van der Waals surface area contributed by atoms with Crippen molar-refractivity contribution in [3.63, 3.8) is 0 Å². The van der Waals surface area contributed by atoms with Crippen LogP contribution in [0.4, 0.5) is 4.79 Å². The van der Waals surface area contributed by atoms with Crippen LogP contribution in [0.25, 0.3) is 10.9 Å². The molecule has 1 saturated heterocycles. The Morgan fingerprint density at radius 1 is 1.32 bits per heavy atom. The van der Waals surface area contributed by atoms with Crippen molar-refractivity contribution in [3.8, 4) is 0 Å². The van der Waals surface area contributed by atoms with Gasteiger partial charge in [0.05, 0.1) is 5.52 Å². The minimum atomic E-state index is -0.468. The molecule has 0 bridgehead atoms. The molecule has 1 aromatic heterocycles. The third-order valence-electron chi connectivity index (χ3n) is 4.46. The minimum Gasteiger partial charge on any atom is -0.444 e. The standard InChI is InChI=1S/C19H24BrN3O2/c1-12-15-8-14(9-16(20)17(15)22-11-21-12)13-6-5-7-23(10-13)18(24)25-19(2,3)4/h8-9,11,13H,5-7,10H2,1-4H3. The van der Waals surface area contributed by atoms with Crippen LogP contribution in [0.2, 0.25) is 0 Å². The molecule has 6 heteroatoms. The lowest BCUT2D eigenvalue weighted by molar-refractivity contribution is 0.0198. The highest BCUT2D eigenvalue weighted by atomic mass is 79.9. The minimum absolute atomic E-state index is 0.225. The SMILES string of the molecule is Cc1ncnc2c(Br)cc(C3CCCN(C(=O)OC(C)(C)C)C3)cc12. The molecule has 0 radical (unpaired) electrons. The van der Waals surface area contributed by atoms with Gasteiger partial charge in [0.1, 0.15) is 11.9 Å². The van der Waals surface area contributed by atoms with E-state index in [9.17, 15) is 4.79 Å². The molecule has 1 fully saturated rings. The number of rotatable bonds is 1. The largest absolute Gasteiger partial charge is 0.444 e. The van der Waals surface area contributed by atoms with Crippen molar-refractivity contribution in [3.05, 3.63) is 34.2 Å². The van der Waals surface area contributed by atoms with E-state index in [1.54, 1.807) is 6.33 Å². The van der Waals surface area contributed by atoms with Gasteiger partial charge in [-0.1, -0.05) is 0 Å². The number of carbonyl (C=O) groups excluding carboxylic acids is 1. The van der Waals surface area contributed by atoms with Crippen molar-refractivity contribution >= 4 is 32.9 Å². The summed E-state index contributed by atoms with van der Waals surface area (Å²) in [5, 5.41) is 1.06. The summed E-state index contributed by atoms with van der Waals surface area (Å²) in [6.07, 6.45) is 3.40. The molecule has 1 aliphatic heterocycles. The van der Waals surface area contributed by atoms with Crippen LogP contribution >= 0.6 is 15.9 Å². The van der Waals surface area contributed by atoms with Gasteiger partial charge in [0.2, 0.25) is 0 Å². The molecule has 0 N–H and O–H groups in total. The first-order valence-corrected chi connectivity index (χ1v) is 9.42. The number of halogens is 1. The summed E-state index contributed by atoms with van der Waals surface area (Å²) in [6, 6.07) is 4.29.